The van der Waals surface area contributed by atoms with Crippen LogP contribution in [0.15, 0.2) is 0 Å². The molecule has 5 heteroatoms. The normalized spacial score (nSPS) is 12.1. The summed E-state index contributed by atoms with van der Waals surface area (Å²) < 4.78 is 10.5. The lowest BCUT2D eigenvalue weighted by Crippen LogP contribution is -2.28. The molecule has 5 nitrogen and oxygen atoms in total. The van der Waals surface area contributed by atoms with Crippen LogP contribution in [0.2, 0.25) is 0 Å². The first kappa shape index (κ1) is 34.9. The summed E-state index contributed by atoms with van der Waals surface area (Å²) in [5, 5.41) is 9.46. The molecule has 0 spiro atoms. The molecule has 0 aromatic rings. The van der Waals surface area contributed by atoms with Crippen LogP contribution in [0.1, 0.15) is 162 Å². The lowest BCUT2D eigenvalue weighted by Gasteiger charge is -2.15. The molecular weight excluding hydrogens is 452 g/mol. The van der Waals surface area contributed by atoms with Gasteiger partial charge in [0.15, 0.2) is 6.10 Å². The fourth-order valence-corrected chi connectivity index (χ4v) is 4.44. The van der Waals surface area contributed by atoms with Crippen molar-refractivity contribution in [2.75, 3.05) is 13.2 Å². The smallest absolute Gasteiger partial charge is 0.306 e. The van der Waals surface area contributed by atoms with Gasteiger partial charge in [0.1, 0.15) is 6.61 Å². The third kappa shape index (κ3) is 26.0. The molecule has 0 bridgehead atoms. The number of rotatable bonds is 27. The van der Waals surface area contributed by atoms with Crippen LogP contribution in [0.25, 0.3) is 0 Å². The van der Waals surface area contributed by atoms with E-state index in [2.05, 4.69) is 20.8 Å². The molecule has 0 aliphatic carbocycles. The van der Waals surface area contributed by atoms with Crippen LogP contribution in [0.5, 0.6) is 0 Å². The van der Waals surface area contributed by atoms with Gasteiger partial charge in [0.05, 0.1) is 6.61 Å². The Morgan fingerprint density at radius 2 is 1.03 bits per heavy atom. The Labute approximate surface area is 223 Å². The summed E-state index contributed by atoms with van der Waals surface area (Å²) in [4.78, 5) is 24.0. The molecule has 214 valence electrons. The third-order valence-electron chi connectivity index (χ3n) is 6.83. The van der Waals surface area contributed by atoms with Crippen molar-refractivity contribution in [1.82, 2.24) is 0 Å². The van der Waals surface area contributed by atoms with E-state index < -0.39 is 6.10 Å². The number of aliphatic hydroxyl groups excluding tert-OH is 1. The second kappa shape index (κ2) is 26.9. The van der Waals surface area contributed by atoms with E-state index in [-0.39, 0.29) is 25.2 Å². The van der Waals surface area contributed by atoms with Gasteiger partial charge in [-0.05, 0) is 18.8 Å². The first-order chi connectivity index (χ1) is 17.5. The molecule has 0 aromatic carbocycles. The minimum atomic E-state index is -0.760. The summed E-state index contributed by atoms with van der Waals surface area (Å²) in [6, 6.07) is 0. The van der Waals surface area contributed by atoms with Gasteiger partial charge in [-0.3, -0.25) is 9.59 Å². The van der Waals surface area contributed by atoms with Crippen LogP contribution in [0.3, 0.4) is 0 Å². The van der Waals surface area contributed by atoms with Crippen molar-refractivity contribution >= 4 is 11.9 Å². The molecule has 1 N–H and O–H groups in total. The number of carbonyl (C=O) groups excluding carboxylic acids is 2. The average molecular weight is 513 g/mol. The predicted octanol–water partition coefficient (Wildman–Crippen LogP) is 8.69. The van der Waals surface area contributed by atoms with E-state index in [0.29, 0.717) is 12.8 Å². The van der Waals surface area contributed by atoms with Gasteiger partial charge >= 0.3 is 11.9 Å². The molecule has 0 saturated heterocycles. The van der Waals surface area contributed by atoms with Crippen LogP contribution >= 0.6 is 0 Å². The fraction of sp³-hybridized carbons (Fsp3) is 0.935. The largest absolute Gasteiger partial charge is 0.462 e. The van der Waals surface area contributed by atoms with Crippen molar-refractivity contribution in [1.29, 1.82) is 0 Å². The van der Waals surface area contributed by atoms with Gasteiger partial charge < -0.3 is 14.6 Å². The van der Waals surface area contributed by atoms with E-state index in [9.17, 15) is 14.7 Å². The van der Waals surface area contributed by atoms with Crippen molar-refractivity contribution in [2.45, 2.75) is 168 Å². The van der Waals surface area contributed by atoms with Gasteiger partial charge in [-0.25, -0.2) is 0 Å². The molecule has 0 unspecified atom stereocenters. The molecule has 0 aliphatic rings. The topological polar surface area (TPSA) is 72.8 Å². The highest BCUT2D eigenvalue weighted by Crippen LogP contribution is 2.14. The van der Waals surface area contributed by atoms with Gasteiger partial charge in [-0.1, -0.05) is 136 Å². The number of hydrogen-bond donors (Lipinski definition) is 1. The summed E-state index contributed by atoms with van der Waals surface area (Å²) in [6.45, 7) is 6.41. The van der Waals surface area contributed by atoms with E-state index in [1.165, 1.54) is 89.9 Å². The third-order valence-corrected chi connectivity index (χ3v) is 6.83. The summed E-state index contributed by atoms with van der Waals surface area (Å²) in [5.74, 6) is 0.206. The monoisotopic (exact) mass is 512 g/mol. The maximum atomic E-state index is 12.0. The van der Waals surface area contributed by atoms with Crippen molar-refractivity contribution in [3.05, 3.63) is 0 Å². The van der Waals surface area contributed by atoms with E-state index in [1.807, 2.05) is 0 Å². The Morgan fingerprint density at radius 3 is 1.47 bits per heavy atom. The van der Waals surface area contributed by atoms with Crippen molar-refractivity contribution in [2.24, 2.45) is 5.92 Å². The maximum absolute atomic E-state index is 12.0. The van der Waals surface area contributed by atoms with Gasteiger partial charge in [0.2, 0.25) is 0 Å². The van der Waals surface area contributed by atoms with Gasteiger partial charge in [-0.2, -0.15) is 0 Å². The van der Waals surface area contributed by atoms with Crippen LogP contribution in [0, 0.1) is 5.92 Å². The first-order valence-electron chi connectivity index (χ1n) is 15.5. The molecule has 0 aromatic heterocycles. The Bertz CT molecular complexity index is 491. The zero-order valence-electron chi connectivity index (χ0n) is 24.2. The van der Waals surface area contributed by atoms with Gasteiger partial charge in [-0.15, -0.1) is 0 Å². The molecule has 0 amide bonds. The quantitative estimate of drug-likeness (QED) is 0.0880. The Hall–Kier alpha value is -1.10. The lowest BCUT2D eigenvalue weighted by molar-refractivity contribution is -0.161. The standard InChI is InChI=1S/C31H60O5/c1-4-5-6-7-8-9-10-11-12-15-19-22-25-31(34)36-29(26-32)27-35-30(33)24-21-18-16-13-14-17-20-23-28(2)3/h28-29,32H,4-27H2,1-3H3/t29-/m0/s1. The van der Waals surface area contributed by atoms with Crippen molar-refractivity contribution < 1.29 is 24.2 Å². The van der Waals surface area contributed by atoms with Crippen LogP contribution in [-0.2, 0) is 19.1 Å². The number of carbonyl (C=O) groups is 2. The summed E-state index contributed by atoms with van der Waals surface area (Å²) in [6.07, 6.45) is 24.4. The average Bonchev–Trinajstić information content (AvgIpc) is 2.85. The Morgan fingerprint density at radius 1 is 0.611 bits per heavy atom. The molecular formula is C31H60O5. The predicted molar refractivity (Wildman–Crippen MR) is 150 cm³/mol. The summed E-state index contributed by atoms with van der Waals surface area (Å²) >= 11 is 0. The fourth-order valence-electron chi connectivity index (χ4n) is 4.44. The van der Waals surface area contributed by atoms with Crippen LogP contribution < -0.4 is 0 Å². The van der Waals surface area contributed by atoms with Gasteiger partial charge in [0, 0.05) is 12.8 Å². The highest BCUT2D eigenvalue weighted by Gasteiger charge is 2.16. The van der Waals surface area contributed by atoms with E-state index in [0.717, 1.165) is 44.4 Å². The highest BCUT2D eigenvalue weighted by molar-refractivity contribution is 5.70. The van der Waals surface area contributed by atoms with Crippen LogP contribution in [0.4, 0.5) is 0 Å². The Kier molecular flexibility index (Phi) is 26.1. The lowest BCUT2D eigenvalue weighted by atomic mass is 10.0. The molecule has 0 rings (SSSR count). The molecule has 0 fully saturated rings. The van der Waals surface area contributed by atoms with E-state index >= 15 is 0 Å². The molecule has 0 heterocycles. The number of esters is 2. The minimum absolute atomic E-state index is 0.0601. The molecule has 1 atom stereocenters. The second-order valence-electron chi connectivity index (χ2n) is 11.0. The van der Waals surface area contributed by atoms with E-state index in [1.54, 1.807) is 0 Å². The van der Waals surface area contributed by atoms with Crippen molar-refractivity contribution in [3.63, 3.8) is 0 Å². The van der Waals surface area contributed by atoms with E-state index in [4.69, 9.17) is 9.47 Å². The molecule has 0 aliphatic heterocycles. The first-order valence-corrected chi connectivity index (χ1v) is 15.5. The van der Waals surface area contributed by atoms with Crippen LogP contribution in [-0.4, -0.2) is 36.4 Å². The summed E-state index contributed by atoms with van der Waals surface area (Å²) in [7, 11) is 0. The SMILES string of the molecule is CCCCCCCCCCCCCCC(=O)O[C@@H](CO)COC(=O)CCCCCCCCCC(C)C. The molecule has 0 radical (unpaired) electrons. The highest BCUT2D eigenvalue weighted by atomic mass is 16.6. The number of unbranched alkanes of at least 4 members (excludes halogenated alkanes) is 17. The second-order valence-corrected chi connectivity index (χ2v) is 11.0. The summed E-state index contributed by atoms with van der Waals surface area (Å²) in [5.41, 5.74) is 0. The molecule has 0 saturated carbocycles. The maximum Gasteiger partial charge on any atom is 0.306 e. The number of hydrogen-bond acceptors (Lipinski definition) is 5. The number of aliphatic hydroxyl groups is 1. The zero-order valence-corrected chi connectivity index (χ0v) is 24.2. The number of ether oxygens (including phenoxy) is 2. The zero-order chi connectivity index (χ0) is 26.7. The Balaban J connectivity index is 3.58. The van der Waals surface area contributed by atoms with Crippen molar-refractivity contribution in [3.8, 4) is 0 Å². The van der Waals surface area contributed by atoms with Gasteiger partial charge in [0.25, 0.3) is 0 Å². The molecule has 36 heavy (non-hydrogen) atoms. The minimum Gasteiger partial charge on any atom is -0.462 e.